The summed E-state index contributed by atoms with van der Waals surface area (Å²) in [6.07, 6.45) is 0.897. The zero-order chi connectivity index (χ0) is 9.94. The number of rotatable bonds is 9. The average molecular weight is 208 g/mol. The lowest BCUT2D eigenvalue weighted by Gasteiger charge is -2.11. The Morgan fingerprint density at radius 3 is 1.77 bits per heavy atom. The van der Waals surface area contributed by atoms with E-state index < -0.39 is 15.1 Å². The van der Waals surface area contributed by atoms with Crippen LogP contribution in [-0.4, -0.2) is 58.4 Å². The first-order valence-electron chi connectivity index (χ1n) is 4.41. The molecule has 0 aliphatic heterocycles. The topological polar surface area (TPSA) is 68.2 Å². The fourth-order valence-electron chi connectivity index (χ4n) is 0.656. The van der Waals surface area contributed by atoms with Gasteiger partial charge in [0.05, 0.1) is 13.2 Å². The number of aliphatic hydroxyl groups excluding tert-OH is 2. The molecule has 0 fully saturated rings. The van der Waals surface area contributed by atoms with E-state index in [0.717, 1.165) is 6.42 Å². The molecule has 0 rings (SSSR count). The lowest BCUT2D eigenvalue weighted by molar-refractivity contribution is 0.0652. The Hall–Kier alpha value is 0.332. The van der Waals surface area contributed by atoms with Crippen LogP contribution in [0.5, 0.6) is 0 Å². The van der Waals surface area contributed by atoms with E-state index in [1.54, 1.807) is 0 Å². The molecule has 0 spiro atoms. The van der Waals surface area contributed by atoms with E-state index in [1.807, 2.05) is 6.92 Å². The SMILES string of the molecule is CCC[O][Al]([O]CCO)[O]CCO. The number of hydrogen-bond acceptors (Lipinski definition) is 5. The van der Waals surface area contributed by atoms with Crippen LogP contribution in [0.1, 0.15) is 13.3 Å². The van der Waals surface area contributed by atoms with E-state index >= 15 is 0 Å². The molecule has 0 bridgehead atoms. The van der Waals surface area contributed by atoms with Crippen LogP contribution in [0.15, 0.2) is 0 Å². The molecular weight excluding hydrogens is 191 g/mol. The molecule has 5 nitrogen and oxygen atoms in total. The second-order valence-electron chi connectivity index (χ2n) is 2.35. The summed E-state index contributed by atoms with van der Waals surface area (Å²) in [5.41, 5.74) is 0. The summed E-state index contributed by atoms with van der Waals surface area (Å²) in [5, 5.41) is 17.0. The van der Waals surface area contributed by atoms with Crippen LogP contribution >= 0.6 is 0 Å². The maximum absolute atomic E-state index is 8.50. The minimum Gasteiger partial charge on any atom is -0.454 e. The molecule has 0 aromatic rings. The van der Waals surface area contributed by atoms with Crippen molar-refractivity contribution in [1.29, 1.82) is 0 Å². The molecule has 0 aliphatic carbocycles. The third kappa shape index (κ3) is 8.66. The van der Waals surface area contributed by atoms with Gasteiger partial charge in [0, 0.05) is 19.8 Å². The van der Waals surface area contributed by atoms with Gasteiger partial charge in [-0.25, -0.2) is 0 Å². The van der Waals surface area contributed by atoms with Crippen LogP contribution in [0.25, 0.3) is 0 Å². The lowest BCUT2D eigenvalue weighted by Crippen LogP contribution is -2.30. The van der Waals surface area contributed by atoms with Crippen LogP contribution in [0.2, 0.25) is 0 Å². The van der Waals surface area contributed by atoms with E-state index in [-0.39, 0.29) is 26.4 Å². The molecule has 6 heteroatoms. The first-order chi connectivity index (χ1) is 6.35. The Morgan fingerprint density at radius 1 is 0.923 bits per heavy atom. The van der Waals surface area contributed by atoms with Crippen molar-refractivity contribution in [2.24, 2.45) is 0 Å². The molecule has 0 saturated carbocycles. The molecule has 78 valence electrons. The summed E-state index contributed by atoms with van der Waals surface area (Å²) < 4.78 is 15.5. The van der Waals surface area contributed by atoms with Gasteiger partial charge in [-0.1, -0.05) is 6.92 Å². The van der Waals surface area contributed by atoms with E-state index in [0.29, 0.717) is 6.61 Å². The summed E-state index contributed by atoms with van der Waals surface area (Å²) in [5.74, 6) is 0. The van der Waals surface area contributed by atoms with Gasteiger partial charge in [-0.15, -0.1) is 0 Å². The molecule has 0 aliphatic rings. The van der Waals surface area contributed by atoms with Crippen molar-refractivity contribution in [3.05, 3.63) is 0 Å². The fraction of sp³-hybridized carbons (Fsp3) is 1.00. The van der Waals surface area contributed by atoms with Crippen molar-refractivity contribution >= 4 is 15.1 Å². The molecule has 0 aromatic carbocycles. The van der Waals surface area contributed by atoms with Crippen LogP contribution < -0.4 is 0 Å². The van der Waals surface area contributed by atoms with Crippen LogP contribution in [-0.2, 0) is 11.4 Å². The van der Waals surface area contributed by atoms with Gasteiger partial charge in [-0.05, 0) is 6.42 Å². The van der Waals surface area contributed by atoms with Gasteiger partial charge >= 0.3 is 15.1 Å². The number of aliphatic hydroxyl groups is 2. The highest BCUT2D eigenvalue weighted by atomic mass is 27.3. The van der Waals surface area contributed by atoms with Gasteiger partial charge in [0.25, 0.3) is 0 Å². The smallest absolute Gasteiger partial charge is 0.454 e. The van der Waals surface area contributed by atoms with Gasteiger partial charge < -0.3 is 21.6 Å². The Kier molecular flexibility index (Phi) is 10.7. The van der Waals surface area contributed by atoms with Crippen molar-refractivity contribution in [2.45, 2.75) is 13.3 Å². The molecule has 0 heterocycles. The molecule has 0 amide bonds. The zero-order valence-corrected chi connectivity index (χ0v) is 9.09. The summed E-state index contributed by atoms with van der Waals surface area (Å²) in [4.78, 5) is 0. The molecule has 0 unspecified atom stereocenters. The standard InChI is InChI=1S/C3H7O.2C2H5O2.Al/c1-2-3-4;2*3-1-2-4;/h2-3H2,1H3;2*3H,1-2H2;/q3*-1;+3. The highest BCUT2D eigenvalue weighted by molar-refractivity contribution is 6.36. The Bertz CT molecular complexity index is 83.9. The number of hydrogen-bond donors (Lipinski definition) is 2. The largest absolute Gasteiger partial charge is 0.905 e. The van der Waals surface area contributed by atoms with Crippen LogP contribution in [0.4, 0.5) is 0 Å². The van der Waals surface area contributed by atoms with Crippen molar-refractivity contribution in [3.8, 4) is 0 Å². The van der Waals surface area contributed by atoms with Crippen molar-refractivity contribution in [2.75, 3.05) is 33.0 Å². The van der Waals surface area contributed by atoms with Gasteiger partial charge in [0.1, 0.15) is 0 Å². The normalized spacial score (nSPS) is 10.4. The summed E-state index contributed by atoms with van der Waals surface area (Å²) in [6, 6.07) is 0. The highest BCUT2D eigenvalue weighted by Gasteiger charge is 2.30. The van der Waals surface area contributed by atoms with Crippen LogP contribution in [0, 0.1) is 0 Å². The quantitative estimate of drug-likeness (QED) is 0.496. The van der Waals surface area contributed by atoms with Crippen LogP contribution in [0.3, 0.4) is 0 Å². The summed E-state index contributed by atoms with van der Waals surface area (Å²) in [7, 11) is 0. The monoisotopic (exact) mass is 208 g/mol. The average Bonchev–Trinajstić information content (AvgIpc) is 2.17. The van der Waals surface area contributed by atoms with Gasteiger partial charge in [0.2, 0.25) is 0 Å². The van der Waals surface area contributed by atoms with E-state index in [1.165, 1.54) is 0 Å². The Morgan fingerprint density at radius 2 is 1.38 bits per heavy atom. The van der Waals surface area contributed by atoms with Crippen molar-refractivity contribution in [3.63, 3.8) is 0 Å². The minimum atomic E-state index is -2.11. The van der Waals surface area contributed by atoms with E-state index in [2.05, 4.69) is 0 Å². The molecule has 0 aromatic heterocycles. The first-order valence-corrected chi connectivity index (χ1v) is 5.83. The summed E-state index contributed by atoms with van der Waals surface area (Å²) >= 11 is -2.11. The van der Waals surface area contributed by atoms with Crippen molar-refractivity contribution in [1.82, 2.24) is 0 Å². The molecule has 0 saturated heterocycles. The molecule has 13 heavy (non-hydrogen) atoms. The Labute approximate surface area is 83.6 Å². The maximum Gasteiger partial charge on any atom is 0.905 e. The molecule has 2 N–H and O–H groups in total. The first kappa shape index (κ1) is 13.3. The predicted molar refractivity (Wildman–Crippen MR) is 48.1 cm³/mol. The van der Waals surface area contributed by atoms with E-state index in [4.69, 9.17) is 21.6 Å². The fourth-order valence-corrected chi connectivity index (χ4v) is 1.97. The third-order valence-corrected chi connectivity index (χ3v) is 2.67. The van der Waals surface area contributed by atoms with Crippen molar-refractivity contribution < 1.29 is 21.6 Å². The molecular formula is C7H17AlO5. The molecule has 0 atom stereocenters. The molecule has 0 radical (unpaired) electrons. The van der Waals surface area contributed by atoms with E-state index in [9.17, 15) is 0 Å². The van der Waals surface area contributed by atoms with Gasteiger partial charge in [-0.2, -0.15) is 0 Å². The second-order valence-corrected chi connectivity index (χ2v) is 3.93. The zero-order valence-electron chi connectivity index (χ0n) is 7.94. The second kappa shape index (κ2) is 10.4. The lowest BCUT2D eigenvalue weighted by atomic mass is 10.5. The highest BCUT2D eigenvalue weighted by Crippen LogP contribution is 1.93. The van der Waals surface area contributed by atoms with Gasteiger partial charge in [-0.3, -0.25) is 0 Å². The minimum absolute atomic E-state index is 0.0402. The summed E-state index contributed by atoms with van der Waals surface area (Å²) in [6.45, 7) is 2.96. The maximum atomic E-state index is 8.50. The predicted octanol–water partition coefficient (Wildman–Crippen LogP) is -0.584. The third-order valence-electron chi connectivity index (χ3n) is 1.15. The van der Waals surface area contributed by atoms with Gasteiger partial charge in [0.15, 0.2) is 0 Å². The Balaban J connectivity index is 3.47.